The summed E-state index contributed by atoms with van der Waals surface area (Å²) in [6.07, 6.45) is 1.37. The number of hydrogen-bond donors (Lipinski definition) is 3. The fourth-order valence-electron chi connectivity index (χ4n) is 10.0. The molecule has 1 spiro atoms. The second-order valence-electron chi connectivity index (χ2n) is 17.6. The van der Waals surface area contributed by atoms with Gasteiger partial charge in [0.05, 0.1) is 54.2 Å². The number of carboxylic acids is 1. The number of aliphatic hydroxyl groups is 2. The van der Waals surface area contributed by atoms with Gasteiger partial charge in [0.25, 0.3) is 0 Å². The van der Waals surface area contributed by atoms with Crippen molar-refractivity contribution in [3.8, 4) is 0 Å². The maximum absolute atomic E-state index is 12.7. The molecule has 0 aromatic rings. The summed E-state index contributed by atoms with van der Waals surface area (Å²) in [7, 11) is 0. The molecule has 0 aromatic heterocycles. The number of carboxylic acid groups (broad SMARTS) is 1. The van der Waals surface area contributed by atoms with Crippen molar-refractivity contribution in [2.24, 2.45) is 35.5 Å². The van der Waals surface area contributed by atoms with E-state index in [-0.39, 0.29) is 118 Å². The average molecular weight is 795 g/mol. The van der Waals surface area contributed by atoms with Crippen LogP contribution in [0, 0.1) is 35.5 Å². The van der Waals surface area contributed by atoms with Crippen molar-refractivity contribution < 1.29 is 62.9 Å². The van der Waals surface area contributed by atoms with Crippen LogP contribution in [0.3, 0.4) is 0 Å². The second-order valence-corrected chi connectivity index (χ2v) is 17.6. The Morgan fingerprint density at radius 2 is 1.56 bits per heavy atom. The van der Waals surface area contributed by atoms with E-state index in [1.54, 1.807) is 13.8 Å². The molecule has 1 unspecified atom stereocenters. The number of rotatable bonds is 12. The molecule has 5 aliphatic heterocycles. The summed E-state index contributed by atoms with van der Waals surface area (Å²) in [6, 6.07) is 0. The number of carbonyl (C=O) groups excluding carboxylic acids is 2. The normalized spacial score (nSPS) is 45.3. The van der Waals surface area contributed by atoms with Crippen LogP contribution < -0.4 is 0 Å². The Morgan fingerprint density at radius 1 is 0.889 bits per heavy atom. The minimum atomic E-state index is -1.59. The quantitative estimate of drug-likeness (QED) is 0.186. The van der Waals surface area contributed by atoms with E-state index < -0.39 is 71.5 Å². The van der Waals surface area contributed by atoms with Crippen molar-refractivity contribution in [3.63, 3.8) is 0 Å². The number of esters is 2. The third-order valence-electron chi connectivity index (χ3n) is 13.5. The van der Waals surface area contributed by atoms with Crippen molar-refractivity contribution in [3.05, 3.63) is 0 Å². The Morgan fingerprint density at radius 3 is 2.17 bits per heavy atom. The monoisotopic (exact) mass is 794 g/mol. The number of aliphatic carboxylic acids is 1. The fourth-order valence-corrected chi connectivity index (χ4v) is 10.0. The molecule has 5 saturated heterocycles. The third-order valence-corrected chi connectivity index (χ3v) is 13.5. The Balaban J connectivity index is 0.00000650. The second kappa shape index (κ2) is 17.9. The molecule has 5 aliphatic rings. The molecule has 54 heavy (non-hydrogen) atoms. The number of carbonyl (C=O) groups is 3. The van der Waals surface area contributed by atoms with Gasteiger partial charge in [0, 0.05) is 43.4 Å². The molecule has 0 bridgehead atoms. The fraction of sp³-hybridized carbons (Fsp3) is 0.925. The molecule has 0 aromatic carbocycles. The van der Waals surface area contributed by atoms with Crippen LogP contribution in [0.5, 0.6) is 0 Å². The van der Waals surface area contributed by atoms with Crippen LogP contribution in [0.4, 0.5) is 0 Å². The van der Waals surface area contributed by atoms with E-state index in [0.29, 0.717) is 19.3 Å². The van der Waals surface area contributed by atoms with Gasteiger partial charge >= 0.3 is 69.3 Å². The third kappa shape index (κ3) is 9.30. The van der Waals surface area contributed by atoms with Crippen molar-refractivity contribution in [2.75, 3.05) is 6.61 Å². The van der Waals surface area contributed by atoms with Crippen molar-refractivity contribution >= 4 is 69.3 Å². The summed E-state index contributed by atoms with van der Waals surface area (Å²) in [5.74, 6) is -6.44. The van der Waals surface area contributed by atoms with Crippen LogP contribution in [-0.4, -0.2) is 157 Å². The molecule has 13 nitrogen and oxygen atoms in total. The van der Waals surface area contributed by atoms with Crippen LogP contribution >= 0.6 is 0 Å². The van der Waals surface area contributed by atoms with Gasteiger partial charge in [-0.3, -0.25) is 14.4 Å². The van der Waals surface area contributed by atoms with Gasteiger partial charge in [-0.2, -0.15) is 0 Å². The van der Waals surface area contributed by atoms with Gasteiger partial charge in [-0.15, -0.1) is 0 Å². The first-order chi connectivity index (χ1) is 24.7. The van der Waals surface area contributed by atoms with E-state index in [0.717, 1.165) is 25.7 Å². The van der Waals surface area contributed by atoms with E-state index in [9.17, 15) is 29.7 Å². The van der Waals surface area contributed by atoms with Gasteiger partial charge in [0.15, 0.2) is 11.6 Å². The van der Waals surface area contributed by atoms with E-state index in [1.807, 2.05) is 27.7 Å². The summed E-state index contributed by atoms with van der Waals surface area (Å²) in [6.45, 7) is 18.5. The zero-order valence-electron chi connectivity index (χ0n) is 33.5. The van der Waals surface area contributed by atoms with Gasteiger partial charge in [-0.1, -0.05) is 48.5 Å². The molecule has 17 atom stereocenters. The van der Waals surface area contributed by atoms with Gasteiger partial charge in [-0.05, 0) is 64.7 Å². The van der Waals surface area contributed by atoms with Crippen molar-refractivity contribution in [2.45, 2.75) is 193 Å². The van der Waals surface area contributed by atoms with Crippen molar-refractivity contribution in [1.82, 2.24) is 0 Å². The number of aliphatic hydroxyl groups excluding tert-OH is 1. The Kier molecular flexibility index (Phi) is 15.4. The van der Waals surface area contributed by atoms with Crippen molar-refractivity contribution in [1.29, 1.82) is 0 Å². The first kappa shape index (κ1) is 46.5. The molecule has 3 N–H and O–H groups in total. The first-order valence-electron chi connectivity index (χ1n) is 20.1. The molecule has 0 aliphatic carbocycles. The summed E-state index contributed by atoms with van der Waals surface area (Å²) in [5, 5.41) is 30.9. The molecule has 5 heterocycles. The van der Waals surface area contributed by atoms with Crippen LogP contribution in [0.25, 0.3) is 0 Å². The Hall–Kier alpha value is -0.234. The molecule has 5 rings (SSSR count). The van der Waals surface area contributed by atoms with Gasteiger partial charge < -0.3 is 48.5 Å². The predicted molar refractivity (Wildman–Crippen MR) is 198 cm³/mol. The van der Waals surface area contributed by atoms with E-state index >= 15 is 0 Å². The number of ether oxygens (including phenoxy) is 7. The molecule has 0 amide bonds. The van der Waals surface area contributed by atoms with Crippen LogP contribution in [-0.2, 0) is 47.5 Å². The zero-order chi connectivity index (χ0) is 39.3. The van der Waals surface area contributed by atoms with E-state index in [2.05, 4.69) is 20.8 Å². The van der Waals surface area contributed by atoms with Gasteiger partial charge in [0.1, 0.15) is 12.2 Å². The van der Waals surface area contributed by atoms with Crippen LogP contribution in [0.2, 0.25) is 0 Å². The molecule has 5 fully saturated rings. The molecular formula is C40H67KO13. The summed E-state index contributed by atoms with van der Waals surface area (Å²) < 4.78 is 45.6. The van der Waals surface area contributed by atoms with E-state index in [1.165, 1.54) is 6.92 Å². The van der Waals surface area contributed by atoms with Gasteiger partial charge in [0.2, 0.25) is 0 Å². The molecule has 14 heteroatoms. The molecule has 0 saturated carbocycles. The van der Waals surface area contributed by atoms with Gasteiger partial charge in [-0.25, -0.2) is 0 Å². The Bertz CT molecular complexity index is 1330. The summed E-state index contributed by atoms with van der Waals surface area (Å²) in [4.78, 5) is 37.3. The van der Waals surface area contributed by atoms with Crippen LogP contribution in [0.1, 0.15) is 127 Å². The average Bonchev–Trinajstić information content (AvgIpc) is 3.81. The first-order valence-corrected chi connectivity index (χ1v) is 20.1. The Labute approximate surface area is 364 Å². The molecule has 306 valence electrons. The topological polar surface area (TPSA) is 177 Å². The summed E-state index contributed by atoms with van der Waals surface area (Å²) in [5.41, 5.74) is -1.36. The predicted octanol–water partition coefficient (Wildman–Crippen LogP) is 4.50. The standard InChI is InChI=1S/C40H66O13.K.H/c1-11-30(42)47-28-19-39(51-34(24(28)6)25(7)33(26(8)36(44)45)49-31(43)12-2)16-15-37(9,53-39)29-13-14-38(10,50-29)35-22(4)18-27(48-35)32-21(3)17-23(5)40(46,20-41)52-32;;/h21-29,32-35,41,46H,11-20H2,1-10H3,(H,44,45);;/t21-,22-,23+,24+,25-,26+,27+,28-,29+,32-,33+,34-,35?,37-,38-,39+,40-;;/m0../s1. The maximum atomic E-state index is 12.7. The number of hydrogen-bond acceptors (Lipinski definition) is 12. The molecule has 0 radical (unpaired) electrons. The molecular weight excluding hydrogens is 728 g/mol. The SMILES string of the molecule is CCC(=O)O[C@H]([C@H](C)[C@H]1O[C@@]2(CC[C@@](C)([C@H]3CC[C@@](C)(C4O[C@@H]([C@H]5O[C@@](O)(CO)[C@H](C)C[C@@H]5C)C[C@@H]4C)O3)O2)C[C@H](OC(=O)CC)[C@H]1C)[C@@H](C)C(=O)O.[KH]. The summed E-state index contributed by atoms with van der Waals surface area (Å²) >= 11 is 0. The minimum absolute atomic E-state index is 0. The van der Waals surface area contributed by atoms with E-state index in [4.69, 9.17) is 33.2 Å². The zero-order valence-corrected chi connectivity index (χ0v) is 33.5. The van der Waals surface area contributed by atoms with Crippen LogP contribution in [0.15, 0.2) is 0 Å².